The highest BCUT2D eigenvalue weighted by molar-refractivity contribution is 5.89. The Morgan fingerprint density at radius 2 is 1.70 bits per heavy atom. The fourth-order valence-corrected chi connectivity index (χ4v) is 2.50. The van der Waals surface area contributed by atoms with E-state index >= 15 is 0 Å². The summed E-state index contributed by atoms with van der Waals surface area (Å²) in [6, 6.07) is 13.9. The molecule has 1 aliphatic heterocycles. The van der Waals surface area contributed by atoms with E-state index in [0.29, 0.717) is 17.2 Å². The first kappa shape index (κ1) is 18.2. The van der Waals surface area contributed by atoms with Crippen molar-refractivity contribution in [2.45, 2.75) is 19.4 Å². The quantitative estimate of drug-likeness (QED) is 0.702. The van der Waals surface area contributed by atoms with Crippen molar-refractivity contribution in [1.29, 1.82) is 0 Å². The number of amides is 3. The minimum atomic E-state index is -0.850. The number of para-hydroxylation sites is 2. The monoisotopic (exact) mass is 369 g/mol. The molecule has 0 radical (unpaired) electrons. The molecule has 8 heteroatoms. The van der Waals surface area contributed by atoms with Crippen LogP contribution in [0.15, 0.2) is 48.5 Å². The molecule has 3 N–H and O–H groups in total. The summed E-state index contributed by atoms with van der Waals surface area (Å²) in [6.45, 7) is 1.48. The number of ether oxygens (including phenoxy) is 2. The van der Waals surface area contributed by atoms with Gasteiger partial charge in [0.25, 0.3) is 5.91 Å². The number of fused-ring (bicyclic) bond motifs is 1. The van der Waals surface area contributed by atoms with Gasteiger partial charge in [0.05, 0.1) is 6.42 Å². The van der Waals surface area contributed by atoms with Crippen molar-refractivity contribution in [2.75, 3.05) is 11.9 Å². The predicted molar refractivity (Wildman–Crippen MR) is 97.1 cm³/mol. The Labute approximate surface area is 155 Å². The van der Waals surface area contributed by atoms with Crippen molar-refractivity contribution in [3.05, 3.63) is 54.1 Å². The molecule has 0 unspecified atom stereocenters. The van der Waals surface area contributed by atoms with Crippen molar-refractivity contribution >= 4 is 23.4 Å². The molecular formula is C19H19N3O5. The zero-order chi connectivity index (χ0) is 19.2. The number of carbonyl (C=O) groups is 3. The Morgan fingerprint density at radius 1 is 1.00 bits per heavy atom. The SMILES string of the molecule is CC(=O)Nc1ccc(CC(=O)NNC(=O)[C@@H]2COc3ccccc3O2)cc1. The fourth-order valence-electron chi connectivity index (χ4n) is 2.50. The molecule has 3 amide bonds. The minimum absolute atomic E-state index is 0.0589. The van der Waals surface area contributed by atoms with Gasteiger partial charge in [0.15, 0.2) is 11.5 Å². The molecule has 1 heterocycles. The molecule has 0 fully saturated rings. The molecular weight excluding hydrogens is 350 g/mol. The van der Waals surface area contributed by atoms with Crippen LogP contribution < -0.4 is 25.6 Å². The van der Waals surface area contributed by atoms with Crippen LogP contribution in [-0.2, 0) is 20.8 Å². The van der Waals surface area contributed by atoms with Crippen molar-refractivity contribution in [2.24, 2.45) is 0 Å². The first-order chi connectivity index (χ1) is 13.0. The largest absolute Gasteiger partial charge is 0.485 e. The zero-order valence-electron chi connectivity index (χ0n) is 14.7. The van der Waals surface area contributed by atoms with Crippen LogP contribution in [0.3, 0.4) is 0 Å². The Morgan fingerprint density at radius 3 is 2.41 bits per heavy atom. The van der Waals surface area contributed by atoms with Gasteiger partial charge in [0, 0.05) is 12.6 Å². The first-order valence-electron chi connectivity index (χ1n) is 8.35. The number of carbonyl (C=O) groups excluding carboxylic acids is 3. The van der Waals surface area contributed by atoms with Crippen molar-refractivity contribution in [1.82, 2.24) is 10.9 Å². The van der Waals surface area contributed by atoms with Gasteiger partial charge in [-0.05, 0) is 29.8 Å². The van der Waals surface area contributed by atoms with E-state index < -0.39 is 12.0 Å². The van der Waals surface area contributed by atoms with E-state index in [1.807, 2.05) is 6.07 Å². The smallest absolute Gasteiger partial charge is 0.283 e. The second-order valence-electron chi connectivity index (χ2n) is 5.96. The Balaban J connectivity index is 1.46. The fraction of sp³-hybridized carbons (Fsp3) is 0.211. The first-order valence-corrected chi connectivity index (χ1v) is 8.35. The highest BCUT2D eigenvalue weighted by Crippen LogP contribution is 2.30. The van der Waals surface area contributed by atoms with Gasteiger partial charge in [-0.2, -0.15) is 0 Å². The normalized spacial score (nSPS) is 14.8. The molecule has 1 aliphatic rings. The third-order valence-electron chi connectivity index (χ3n) is 3.77. The molecule has 2 aromatic rings. The summed E-state index contributed by atoms with van der Waals surface area (Å²) < 4.78 is 11.0. The average molecular weight is 369 g/mol. The molecule has 0 bridgehead atoms. The van der Waals surface area contributed by atoms with E-state index in [4.69, 9.17) is 9.47 Å². The Bertz CT molecular complexity index is 851. The van der Waals surface area contributed by atoms with Gasteiger partial charge in [-0.25, -0.2) is 0 Å². The van der Waals surface area contributed by atoms with Crippen molar-refractivity contribution < 1.29 is 23.9 Å². The standard InChI is InChI=1S/C19H19N3O5/c1-12(23)20-14-8-6-13(7-9-14)10-18(24)21-22-19(25)17-11-26-15-4-2-3-5-16(15)27-17/h2-9,17H,10-11H2,1H3,(H,20,23)(H,21,24)(H,22,25)/t17-/m0/s1. The van der Waals surface area contributed by atoms with Gasteiger partial charge < -0.3 is 14.8 Å². The number of anilines is 1. The zero-order valence-corrected chi connectivity index (χ0v) is 14.7. The van der Waals surface area contributed by atoms with Gasteiger partial charge in [-0.3, -0.25) is 25.2 Å². The molecule has 3 rings (SSSR count). The van der Waals surface area contributed by atoms with Crippen molar-refractivity contribution in [3.63, 3.8) is 0 Å². The lowest BCUT2D eigenvalue weighted by molar-refractivity contribution is -0.134. The molecule has 27 heavy (non-hydrogen) atoms. The van der Waals surface area contributed by atoms with E-state index in [0.717, 1.165) is 5.56 Å². The Hall–Kier alpha value is -3.55. The van der Waals surface area contributed by atoms with Crippen LogP contribution in [0.4, 0.5) is 5.69 Å². The number of nitrogens with one attached hydrogen (secondary N) is 3. The minimum Gasteiger partial charge on any atom is -0.485 e. The number of hydrazine groups is 1. The summed E-state index contributed by atoms with van der Waals surface area (Å²) >= 11 is 0. The summed E-state index contributed by atoms with van der Waals surface area (Å²) in [5.74, 6) is 0.00846. The van der Waals surface area contributed by atoms with Gasteiger partial charge >= 0.3 is 0 Å². The van der Waals surface area contributed by atoms with E-state index in [9.17, 15) is 14.4 Å². The van der Waals surface area contributed by atoms with Crippen LogP contribution in [0.5, 0.6) is 11.5 Å². The van der Waals surface area contributed by atoms with Gasteiger partial charge in [-0.1, -0.05) is 24.3 Å². The highest BCUT2D eigenvalue weighted by atomic mass is 16.6. The summed E-state index contributed by atoms with van der Waals surface area (Å²) in [5.41, 5.74) is 6.08. The highest BCUT2D eigenvalue weighted by Gasteiger charge is 2.27. The molecule has 0 saturated carbocycles. The van der Waals surface area contributed by atoms with Crippen molar-refractivity contribution in [3.8, 4) is 11.5 Å². The van der Waals surface area contributed by atoms with E-state index in [2.05, 4.69) is 16.2 Å². The molecule has 2 aromatic carbocycles. The number of hydrogen-bond donors (Lipinski definition) is 3. The molecule has 1 atom stereocenters. The molecule has 8 nitrogen and oxygen atoms in total. The van der Waals surface area contributed by atoms with Crippen LogP contribution in [0.1, 0.15) is 12.5 Å². The topological polar surface area (TPSA) is 106 Å². The Kier molecular flexibility index (Phi) is 5.55. The average Bonchev–Trinajstić information content (AvgIpc) is 2.67. The summed E-state index contributed by atoms with van der Waals surface area (Å²) in [4.78, 5) is 35.1. The third kappa shape index (κ3) is 4.97. The molecule has 0 saturated heterocycles. The summed E-state index contributed by atoms with van der Waals surface area (Å²) in [6.07, 6.45) is -0.775. The third-order valence-corrected chi connectivity index (χ3v) is 3.77. The van der Waals surface area contributed by atoms with Crippen LogP contribution in [0.2, 0.25) is 0 Å². The second-order valence-corrected chi connectivity index (χ2v) is 5.96. The lowest BCUT2D eigenvalue weighted by Crippen LogP contribution is -2.51. The van der Waals surface area contributed by atoms with Gasteiger partial charge in [0.1, 0.15) is 6.61 Å². The molecule has 140 valence electrons. The second kappa shape index (κ2) is 8.22. The molecule has 0 aromatic heterocycles. The maximum absolute atomic E-state index is 12.1. The number of hydrogen-bond acceptors (Lipinski definition) is 5. The molecule has 0 aliphatic carbocycles. The maximum atomic E-state index is 12.1. The van der Waals surface area contributed by atoms with Crippen LogP contribution >= 0.6 is 0 Å². The molecule has 0 spiro atoms. The summed E-state index contributed by atoms with van der Waals surface area (Å²) in [7, 11) is 0. The van der Waals surface area contributed by atoms with E-state index in [-0.39, 0.29) is 24.8 Å². The predicted octanol–water partition coefficient (Wildman–Crippen LogP) is 1.17. The van der Waals surface area contributed by atoms with Crippen LogP contribution in [0, 0.1) is 0 Å². The van der Waals surface area contributed by atoms with Crippen LogP contribution in [-0.4, -0.2) is 30.4 Å². The van der Waals surface area contributed by atoms with Gasteiger partial charge in [0.2, 0.25) is 17.9 Å². The lowest BCUT2D eigenvalue weighted by Gasteiger charge is -2.25. The number of benzene rings is 2. The number of rotatable bonds is 4. The van der Waals surface area contributed by atoms with Crippen LogP contribution in [0.25, 0.3) is 0 Å². The van der Waals surface area contributed by atoms with E-state index in [1.165, 1.54) is 6.92 Å². The van der Waals surface area contributed by atoms with Gasteiger partial charge in [-0.15, -0.1) is 0 Å². The maximum Gasteiger partial charge on any atom is 0.283 e. The summed E-state index contributed by atoms with van der Waals surface area (Å²) in [5, 5.41) is 2.65. The van der Waals surface area contributed by atoms with E-state index in [1.54, 1.807) is 42.5 Å². The lowest BCUT2D eigenvalue weighted by atomic mass is 10.1.